The number of nitrogens with one attached hydrogen (secondary N) is 1. The Hall–Kier alpha value is -2.16. The molecule has 2 heterocycles. The first-order chi connectivity index (χ1) is 11.6. The average molecular weight is 435 g/mol. The molecule has 0 saturated heterocycles. The molecule has 1 saturated carbocycles. The van der Waals surface area contributed by atoms with Crippen molar-refractivity contribution in [3.8, 4) is 11.3 Å². The van der Waals surface area contributed by atoms with Gasteiger partial charge in [-0.3, -0.25) is 0 Å². The lowest BCUT2D eigenvalue weighted by molar-refractivity contribution is 0.144. The van der Waals surface area contributed by atoms with Gasteiger partial charge < -0.3 is 14.8 Å². The molecule has 3 aromatic rings. The smallest absolute Gasteiger partial charge is 0.405 e. The zero-order valence-corrected chi connectivity index (χ0v) is 14.8. The molecule has 2 aromatic heterocycles. The molecule has 0 unspecified atom stereocenters. The van der Waals surface area contributed by atoms with Crippen LogP contribution in [0.25, 0.3) is 22.6 Å². The molecule has 1 aliphatic carbocycles. The zero-order chi connectivity index (χ0) is 16.7. The molecule has 24 heavy (non-hydrogen) atoms. The zero-order valence-electron chi connectivity index (χ0n) is 12.6. The lowest BCUT2D eigenvalue weighted by Gasteiger charge is -2.42. The van der Waals surface area contributed by atoms with Crippen LogP contribution in [0.4, 0.5) is 4.79 Å². The summed E-state index contributed by atoms with van der Waals surface area (Å²) in [4.78, 5) is 19.6. The molecule has 1 amide bonds. The van der Waals surface area contributed by atoms with Gasteiger partial charge >= 0.3 is 6.09 Å². The summed E-state index contributed by atoms with van der Waals surface area (Å²) in [5.74, 6) is 0.734. The summed E-state index contributed by atoms with van der Waals surface area (Å²) in [5.41, 5.74) is 2.73. The van der Waals surface area contributed by atoms with E-state index in [1.807, 2.05) is 24.3 Å². The third kappa shape index (κ3) is 2.43. The van der Waals surface area contributed by atoms with E-state index in [-0.39, 0.29) is 0 Å². The van der Waals surface area contributed by atoms with Crippen LogP contribution in [-0.2, 0) is 5.54 Å². The van der Waals surface area contributed by atoms with Crippen LogP contribution in [0.1, 0.15) is 24.8 Å². The highest BCUT2D eigenvalue weighted by Gasteiger charge is 2.40. The van der Waals surface area contributed by atoms with E-state index < -0.39 is 11.6 Å². The van der Waals surface area contributed by atoms with E-state index in [0.29, 0.717) is 5.71 Å². The topological polar surface area (TPSA) is 88.2 Å². The first-order valence-corrected chi connectivity index (χ1v) is 8.68. The monoisotopic (exact) mass is 435 g/mol. The number of hydrogen-bond donors (Lipinski definition) is 2. The molecule has 4 rings (SSSR count). The van der Waals surface area contributed by atoms with Crippen molar-refractivity contribution < 1.29 is 14.3 Å². The van der Waals surface area contributed by atoms with Crippen molar-refractivity contribution in [3.05, 3.63) is 45.8 Å². The summed E-state index contributed by atoms with van der Waals surface area (Å²) in [6.45, 7) is 0. The number of hydrogen-bond acceptors (Lipinski definition) is 4. The van der Waals surface area contributed by atoms with E-state index in [0.717, 1.165) is 45.2 Å². The van der Waals surface area contributed by atoms with Crippen molar-refractivity contribution in [1.82, 2.24) is 15.3 Å². The second-order valence-corrected chi connectivity index (χ2v) is 6.98. The number of rotatable bonds is 3. The maximum atomic E-state index is 11.1. The third-order valence-corrected chi connectivity index (χ3v) is 5.52. The molecular weight excluding hydrogens is 421 g/mol. The van der Waals surface area contributed by atoms with Crippen LogP contribution >= 0.6 is 22.6 Å². The van der Waals surface area contributed by atoms with Crippen LogP contribution < -0.4 is 5.32 Å². The second kappa shape index (κ2) is 5.73. The number of carboxylic acid groups (broad SMARTS) is 1. The molecule has 0 bridgehead atoms. The van der Waals surface area contributed by atoms with Gasteiger partial charge in [0, 0.05) is 18.0 Å². The quantitative estimate of drug-likeness (QED) is 0.604. The highest BCUT2D eigenvalue weighted by molar-refractivity contribution is 14.1. The molecule has 0 aliphatic heterocycles. The highest BCUT2D eigenvalue weighted by atomic mass is 127. The Morgan fingerprint density at radius 3 is 2.50 bits per heavy atom. The Balaban J connectivity index is 1.70. The van der Waals surface area contributed by atoms with Gasteiger partial charge in [-0.1, -0.05) is 24.3 Å². The predicted octanol–water partition coefficient (Wildman–Crippen LogP) is 4.14. The molecule has 0 radical (unpaired) electrons. The minimum absolute atomic E-state index is 0.450. The first-order valence-electron chi connectivity index (χ1n) is 7.60. The fourth-order valence-electron chi connectivity index (χ4n) is 3.15. The Labute approximate surface area is 151 Å². The van der Waals surface area contributed by atoms with Crippen LogP contribution in [0.15, 0.2) is 41.1 Å². The fourth-order valence-corrected chi connectivity index (χ4v) is 3.94. The van der Waals surface area contributed by atoms with Gasteiger partial charge in [-0.2, -0.15) is 0 Å². The van der Waals surface area contributed by atoms with Crippen molar-refractivity contribution >= 4 is 39.9 Å². The Morgan fingerprint density at radius 1 is 1.21 bits per heavy atom. The third-order valence-electron chi connectivity index (χ3n) is 4.52. The minimum Gasteiger partial charge on any atom is -0.465 e. The van der Waals surface area contributed by atoms with Gasteiger partial charge in [0.2, 0.25) is 5.71 Å². The van der Waals surface area contributed by atoms with Crippen molar-refractivity contribution in [2.75, 3.05) is 0 Å². The maximum Gasteiger partial charge on any atom is 0.405 e. The number of benzene rings is 1. The van der Waals surface area contributed by atoms with Crippen molar-refractivity contribution in [2.45, 2.75) is 24.8 Å². The van der Waals surface area contributed by atoms with E-state index >= 15 is 0 Å². The van der Waals surface area contributed by atoms with Gasteiger partial charge in [-0.15, -0.1) is 0 Å². The SMILES string of the molecule is O=C(O)NC1(c2ccc(-c3oc4nccnc4c3I)cc2)CCC1. The van der Waals surface area contributed by atoms with E-state index in [1.165, 1.54) is 0 Å². The van der Waals surface area contributed by atoms with Gasteiger partial charge in [0.1, 0.15) is 5.52 Å². The van der Waals surface area contributed by atoms with Crippen LogP contribution in [0.2, 0.25) is 0 Å². The summed E-state index contributed by atoms with van der Waals surface area (Å²) in [5, 5.41) is 11.8. The van der Waals surface area contributed by atoms with E-state index in [1.54, 1.807) is 12.4 Å². The molecule has 7 heteroatoms. The van der Waals surface area contributed by atoms with Crippen LogP contribution in [-0.4, -0.2) is 21.2 Å². The van der Waals surface area contributed by atoms with Crippen molar-refractivity contribution in [1.29, 1.82) is 0 Å². The Bertz CT molecular complexity index is 916. The average Bonchev–Trinajstić information content (AvgIpc) is 2.88. The summed E-state index contributed by atoms with van der Waals surface area (Å²) in [6, 6.07) is 7.85. The van der Waals surface area contributed by atoms with Crippen molar-refractivity contribution in [3.63, 3.8) is 0 Å². The molecule has 122 valence electrons. The Kier molecular flexibility index (Phi) is 3.67. The molecule has 0 atom stereocenters. The molecule has 2 N–H and O–H groups in total. The summed E-state index contributed by atoms with van der Waals surface area (Å²) < 4.78 is 6.75. The standard InChI is InChI=1S/C17H14IN3O3/c18-12-13-15(20-9-8-19-13)24-14(12)10-2-4-11(5-3-10)17(6-1-7-17)21-16(22)23/h2-5,8-9,21H,1,6-7H2,(H,22,23). The molecule has 1 aliphatic rings. The molecule has 6 nitrogen and oxygen atoms in total. The molecule has 1 aromatic carbocycles. The molecular formula is C17H14IN3O3. The number of furan rings is 1. The fraction of sp³-hybridized carbons (Fsp3) is 0.235. The number of carbonyl (C=O) groups is 1. The van der Waals surface area contributed by atoms with Crippen LogP contribution in [0.5, 0.6) is 0 Å². The van der Waals surface area contributed by atoms with Gasteiger partial charge in [-0.25, -0.2) is 14.8 Å². The summed E-state index contributed by atoms with van der Waals surface area (Å²) in [6.07, 6.45) is 4.95. The minimum atomic E-state index is -0.984. The van der Waals surface area contributed by atoms with E-state index in [4.69, 9.17) is 9.52 Å². The predicted molar refractivity (Wildman–Crippen MR) is 96.6 cm³/mol. The lowest BCUT2D eigenvalue weighted by Crippen LogP contribution is -2.50. The van der Waals surface area contributed by atoms with Crippen LogP contribution in [0.3, 0.4) is 0 Å². The summed E-state index contributed by atoms with van der Waals surface area (Å²) >= 11 is 2.21. The first kappa shape index (κ1) is 15.4. The largest absolute Gasteiger partial charge is 0.465 e. The number of fused-ring (bicyclic) bond motifs is 1. The van der Waals surface area contributed by atoms with E-state index in [2.05, 4.69) is 37.9 Å². The van der Waals surface area contributed by atoms with Gasteiger partial charge in [0.25, 0.3) is 0 Å². The molecule has 0 spiro atoms. The Morgan fingerprint density at radius 2 is 1.92 bits per heavy atom. The number of nitrogens with zero attached hydrogens (tertiary/aromatic N) is 2. The van der Waals surface area contributed by atoms with E-state index in [9.17, 15) is 4.79 Å². The van der Waals surface area contributed by atoms with Crippen LogP contribution in [0, 0.1) is 3.57 Å². The lowest BCUT2D eigenvalue weighted by atomic mass is 9.72. The molecule has 1 fully saturated rings. The van der Waals surface area contributed by atoms with Gasteiger partial charge in [-0.05, 0) is 47.4 Å². The number of amides is 1. The number of halogens is 1. The summed E-state index contributed by atoms with van der Waals surface area (Å²) in [7, 11) is 0. The normalized spacial score (nSPS) is 15.9. The van der Waals surface area contributed by atoms with Gasteiger partial charge in [0.15, 0.2) is 5.76 Å². The maximum absolute atomic E-state index is 11.1. The van der Waals surface area contributed by atoms with Gasteiger partial charge in [0.05, 0.1) is 9.11 Å². The highest BCUT2D eigenvalue weighted by Crippen LogP contribution is 2.42. The number of aromatic nitrogens is 2. The second-order valence-electron chi connectivity index (χ2n) is 5.90. The van der Waals surface area contributed by atoms with Crippen molar-refractivity contribution in [2.24, 2.45) is 0 Å².